The summed E-state index contributed by atoms with van der Waals surface area (Å²) in [5, 5.41) is 0.744. The Kier molecular flexibility index (Phi) is 3.98. The van der Waals surface area contributed by atoms with E-state index in [0.29, 0.717) is 0 Å². The number of halogens is 1. The molecule has 0 amide bonds. The zero-order valence-electron chi connectivity index (χ0n) is 11.9. The molecule has 2 aromatic rings. The number of hydrogen-bond donors (Lipinski definition) is 1. The Labute approximate surface area is 120 Å². The van der Waals surface area contributed by atoms with Crippen LogP contribution in [0.1, 0.15) is 39.4 Å². The van der Waals surface area contributed by atoms with Crippen LogP contribution in [-0.4, -0.2) is 0 Å². The van der Waals surface area contributed by atoms with Crippen molar-refractivity contribution in [3.8, 4) is 0 Å². The van der Waals surface area contributed by atoms with Gasteiger partial charge in [-0.15, -0.1) is 0 Å². The standard InChI is InChI=1S/C17H20ClN/c1-10-5-6-14(7-11(10)2)17(19)15-8-12(3)13(4)9-16(15)18/h5-9,17H,19H2,1-4H3. The molecule has 0 aromatic heterocycles. The fourth-order valence-corrected chi connectivity index (χ4v) is 2.52. The first kappa shape index (κ1) is 14.1. The Morgan fingerprint density at radius 3 is 2.05 bits per heavy atom. The molecule has 0 spiro atoms. The van der Waals surface area contributed by atoms with Crippen molar-refractivity contribution in [3.63, 3.8) is 0 Å². The van der Waals surface area contributed by atoms with Crippen molar-refractivity contribution in [2.24, 2.45) is 5.73 Å². The number of rotatable bonds is 2. The Morgan fingerprint density at radius 1 is 0.842 bits per heavy atom. The van der Waals surface area contributed by atoms with Crippen LogP contribution >= 0.6 is 11.6 Å². The van der Waals surface area contributed by atoms with E-state index in [1.807, 2.05) is 6.07 Å². The summed E-state index contributed by atoms with van der Waals surface area (Å²) in [6.07, 6.45) is 0. The summed E-state index contributed by atoms with van der Waals surface area (Å²) >= 11 is 6.34. The third-order valence-corrected chi connectivity index (χ3v) is 4.17. The van der Waals surface area contributed by atoms with E-state index in [9.17, 15) is 0 Å². The summed E-state index contributed by atoms with van der Waals surface area (Å²) in [5.41, 5.74) is 13.4. The molecular weight excluding hydrogens is 254 g/mol. The molecule has 0 saturated carbocycles. The minimum absolute atomic E-state index is 0.175. The molecular formula is C17H20ClN. The average molecular weight is 274 g/mol. The summed E-state index contributed by atoms with van der Waals surface area (Å²) in [6, 6.07) is 10.2. The lowest BCUT2D eigenvalue weighted by molar-refractivity contribution is 0.866. The molecule has 0 aliphatic carbocycles. The van der Waals surface area contributed by atoms with Gasteiger partial charge in [0.15, 0.2) is 0 Å². The predicted molar refractivity (Wildman–Crippen MR) is 82.9 cm³/mol. The van der Waals surface area contributed by atoms with E-state index in [1.165, 1.54) is 22.3 Å². The fraction of sp³-hybridized carbons (Fsp3) is 0.294. The van der Waals surface area contributed by atoms with E-state index < -0.39 is 0 Å². The number of hydrogen-bond acceptors (Lipinski definition) is 1. The highest BCUT2D eigenvalue weighted by atomic mass is 35.5. The lowest BCUT2D eigenvalue weighted by Gasteiger charge is -2.17. The zero-order valence-corrected chi connectivity index (χ0v) is 12.7. The summed E-state index contributed by atoms with van der Waals surface area (Å²) in [5.74, 6) is 0. The number of nitrogens with two attached hydrogens (primary N) is 1. The summed E-state index contributed by atoms with van der Waals surface area (Å²) in [6.45, 7) is 8.36. The van der Waals surface area contributed by atoms with E-state index in [-0.39, 0.29) is 6.04 Å². The minimum Gasteiger partial charge on any atom is -0.320 e. The SMILES string of the molecule is Cc1ccc(C(N)c2cc(C)c(C)cc2Cl)cc1C. The van der Waals surface area contributed by atoms with E-state index in [1.54, 1.807) is 0 Å². The van der Waals surface area contributed by atoms with Crippen molar-refractivity contribution in [1.82, 2.24) is 0 Å². The maximum atomic E-state index is 6.37. The molecule has 100 valence electrons. The van der Waals surface area contributed by atoms with Crippen molar-refractivity contribution in [2.45, 2.75) is 33.7 Å². The van der Waals surface area contributed by atoms with Crippen LogP contribution in [0.4, 0.5) is 0 Å². The molecule has 0 aliphatic heterocycles. The minimum atomic E-state index is -0.175. The van der Waals surface area contributed by atoms with Crippen LogP contribution in [0.3, 0.4) is 0 Å². The van der Waals surface area contributed by atoms with Gasteiger partial charge in [-0.1, -0.05) is 35.9 Å². The van der Waals surface area contributed by atoms with Gasteiger partial charge in [0.2, 0.25) is 0 Å². The summed E-state index contributed by atoms with van der Waals surface area (Å²) in [4.78, 5) is 0. The smallest absolute Gasteiger partial charge is 0.0566 e. The predicted octanol–water partition coefficient (Wildman–Crippen LogP) is 4.62. The average Bonchev–Trinajstić information content (AvgIpc) is 2.36. The molecule has 0 saturated heterocycles. The van der Waals surface area contributed by atoms with Crippen LogP contribution in [0.2, 0.25) is 5.02 Å². The van der Waals surface area contributed by atoms with Gasteiger partial charge in [-0.3, -0.25) is 0 Å². The summed E-state index contributed by atoms with van der Waals surface area (Å²) < 4.78 is 0. The van der Waals surface area contributed by atoms with E-state index in [0.717, 1.165) is 16.1 Å². The molecule has 0 aliphatic rings. The van der Waals surface area contributed by atoms with Gasteiger partial charge in [0.05, 0.1) is 6.04 Å². The lowest BCUT2D eigenvalue weighted by Crippen LogP contribution is -2.13. The third-order valence-electron chi connectivity index (χ3n) is 3.84. The topological polar surface area (TPSA) is 26.0 Å². The molecule has 2 rings (SSSR count). The Bertz CT molecular complexity index is 617. The second-order valence-electron chi connectivity index (χ2n) is 5.28. The van der Waals surface area contributed by atoms with Crippen LogP contribution < -0.4 is 5.73 Å². The Morgan fingerprint density at radius 2 is 1.42 bits per heavy atom. The van der Waals surface area contributed by atoms with Crippen molar-refractivity contribution < 1.29 is 0 Å². The van der Waals surface area contributed by atoms with Gasteiger partial charge in [-0.2, -0.15) is 0 Å². The van der Waals surface area contributed by atoms with Crippen molar-refractivity contribution in [1.29, 1.82) is 0 Å². The number of benzene rings is 2. The second-order valence-corrected chi connectivity index (χ2v) is 5.69. The molecule has 2 aromatic carbocycles. The lowest BCUT2D eigenvalue weighted by atomic mass is 9.94. The molecule has 2 heteroatoms. The molecule has 19 heavy (non-hydrogen) atoms. The van der Waals surface area contributed by atoms with E-state index >= 15 is 0 Å². The molecule has 2 N–H and O–H groups in total. The van der Waals surface area contributed by atoms with Gasteiger partial charge < -0.3 is 5.73 Å². The monoisotopic (exact) mass is 273 g/mol. The van der Waals surface area contributed by atoms with Crippen molar-refractivity contribution in [2.75, 3.05) is 0 Å². The van der Waals surface area contributed by atoms with Crippen LogP contribution in [0.15, 0.2) is 30.3 Å². The first-order valence-corrected chi connectivity index (χ1v) is 6.87. The maximum Gasteiger partial charge on any atom is 0.0566 e. The Balaban J connectivity index is 2.46. The fourth-order valence-electron chi connectivity index (χ4n) is 2.18. The zero-order chi connectivity index (χ0) is 14.2. The largest absolute Gasteiger partial charge is 0.320 e. The molecule has 0 heterocycles. The number of aryl methyl sites for hydroxylation is 4. The van der Waals surface area contributed by atoms with Gasteiger partial charge in [-0.05, 0) is 67.1 Å². The van der Waals surface area contributed by atoms with Crippen LogP contribution in [0.25, 0.3) is 0 Å². The van der Waals surface area contributed by atoms with Crippen LogP contribution in [-0.2, 0) is 0 Å². The maximum absolute atomic E-state index is 6.37. The third kappa shape index (κ3) is 2.83. The van der Waals surface area contributed by atoms with Crippen LogP contribution in [0.5, 0.6) is 0 Å². The molecule has 0 bridgehead atoms. The van der Waals surface area contributed by atoms with Gasteiger partial charge in [0.1, 0.15) is 0 Å². The highest BCUT2D eigenvalue weighted by Gasteiger charge is 2.14. The quantitative estimate of drug-likeness (QED) is 0.849. The second kappa shape index (κ2) is 5.36. The molecule has 1 atom stereocenters. The molecule has 1 unspecified atom stereocenters. The first-order valence-electron chi connectivity index (χ1n) is 6.49. The van der Waals surface area contributed by atoms with E-state index in [4.69, 9.17) is 17.3 Å². The van der Waals surface area contributed by atoms with Gasteiger partial charge in [0, 0.05) is 5.02 Å². The van der Waals surface area contributed by atoms with Crippen molar-refractivity contribution >= 4 is 11.6 Å². The van der Waals surface area contributed by atoms with E-state index in [2.05, 4.69) is 52.0 Å². The first-order chi connectivity index (χ1) is 8.90. The highest BCUT2D eigenvalue weighted by Crippen LogP contribution is 2.29. The van der Waals surface area contributed by atoms with Crippen LogP contribution in [0, 0.1) is 27.7 Å². The van der Waals surface area contributed by atoms with Gasteiger partial charge in [0.25, 0.3) is 0 Å². The Hall–Kier alpha value is -1.31. The summed E-state index contributed by atoms with van der Waals surface area (Å²) in [7, 11) is 0. The van der Waals surface area contributed by atoms with Gasteiger partial charge in [-0.25, -0.2) is 0 Å². The van der Waals surface area contributed by atoms with Gasteiger partial charge >= 0.3 is 0 Å². The normalized spacial score (nSPS) is 12.5. The molecule has 0 fully saturated rings. The molecule has 0 radical (unpaired) electrons. The highest BCUT2D eigenvalue weighted by molar-refractivity contribution is 6.31. The molecule has 1 nitrogen and oxygen atoms in total. The van der Waals surface area contributed by atoms with Crippen molar-refractivity contribution in [3.05, 3.63) is 68.7 Å².